The Balaban J connectivity index is 1.93. The SMILES string of the molecule is CC(=O)OC[C@@H]1O[C@@H](N2C(c3ccccc3)=C[C@H](c3ccco3)C(C#N)=C2S)[C@@H](OC(C)=O)[C@@H](OC(C)=O)[C@@H]1OC(C)=O. The minimum absolute atomic E-state index is 0.131. The molecule has 0 radical (unpaired) electrons. The number of benzene rings is 1. The fourth-order valence-corrected chi connectivity index (χ4v) is 5.44. The summed E-state index contributed by atoms with van der Waals surface area (Å²) in [6.07, 6.45) is -3.40. The second-order valence-electron chi connectivity index (χ2n) is 9.72. The summed E-state index contributed by atoms with van der Waals surface area (Å²) in [4.78, 5) is 50.2. The number of nitriles is 1. The summed E-state index contributed by atoms with van der Waals surface area (Å²) >= 11 is 4.77. The van der Waals surface area contributed by atoms with Gasteiger partial charge in [-0.3, -0.25) is 19.2 Å². The lowest BCUT2D eigenvalue weighted by Crippen LogP contribution is -2.65. The van der Waals surface area contributed by atoms with Crippen LogP contribution in [-0.4, -0.2) is 66.0 Å². The molecule has 3 heterocycles. The van der Waals surface area contributed by atoms with Gasteiger partial charge in [-0.1, -0.05) is 30.3 Å². The van der Waals surface area contributed by atoms with Crippen molar-refractivity contribution in [2.75, 3.05) is 6.61 Å². The van der Waals surface area contributed by atoms with Crippen molar-refractivity contribution in [2.24, 2.45) is 0 Å². The van der Waals surface area contributed by atoms with Crippen molar-refractivity contribution >= 4 is 42.2 Å². The lowest BCUT2D eigenvalue weighted by atomic mass is 9.90. The van der Waals surface area contributed by atoms with Gasteiger partial charge in [-0.2, -0.15) is 5.26 Å². The number of thiol groups is 1. The Kier molecular flexibility index (Phi) is 9.95. The molecule has 6 atom stereocenters. The lowest BCUT2D eigenvalue weighted by molar-refractivity contribution is -0.268. The maximum absolute atomic E-state index is 12.4. The number of hydrogen-bond donors (Lipinski definition) is 1. The molecule has 1 aromatic heterocycles. The van der Waals surface area contributed by atoms with Crippen molar-refractivity contribution in [1.29, 1.82) is 5.26 Å². The van der Waals surface area contributed by atoms with Crippen molar-refractivity contribution in [2.45, 2.75) is 64.3 Å². The zero-order chi connectivity index (χ0) is 31.3. The largest absolute Gasteiger partial charge is 0.468 e. The Labute approximate surface area is 253 Å². The van der Waals surface area contributed by atoms with Gasteiger partial charge < -0.3 is 33.0 Å². The first-order valence-corrected chi connectivity index (χ1v) is 13.7. The van der Waals surface area contributed by atoms with Gasteiger partial charge in [0.2, 0.25) is 0 Å². The fraction of sp³-hybridized carbons (Fsp3) is 0.367. The molecule has 0 N–H and O–H groups in total. The van der Waals surface area contributed by atoms with Crippen LogP contribution in [0.15, 0.2) is 69.8 Å². The summed E-state index contributed by atoms with van der Waals surface area (Å²) in [6, 6.07) is 14.7. The summed E-state index contributed by atoms with van der Waals surface area (Å²) < 4.78 is 34.0. The third-order valence-corrected chi connectivity index (χ3v) is 7.08. The van der Waals surface area contributed by atoms with Crippen LogP contribution in [0.4, 0.5) is 0 Å². The van der Waals surface area contributed by atoms with Crippen LogP contribution in [0.3, 0.4) is 0 Å². The second kappa shape index (κ2) is 13.6. The number of furan rings is 1. The molecule has 0 spiro atoms. The highest BCUT2D eigenvalue weighted by Crippen LogP contribution is 2.45. The Morgan fingerprint density at radius 1 is 0.884 bits per heavy atom. The molecule has 13 heteroatoms. The average molecular weight is 611 g/mol. The van der Waals surface area contributed by atoms with Crippen molar-refractivity contribution in [3.63, 3.8) is 0 Å². The van der Waals surface area contributed by atoms with Gasteiger partial charge in [0.15, 0.2) is 24.5 Å². The maximum atomic E-state index is 12.4. The molecule has 1 fully saturated rings. The summed E-state index contributed by atoms with van der Waals surface area (Å²) in [5.74, 6) is -3.05. The second-order valence-corrected chi connectivity index (χ2v) is 10.1. The molecule has 1 aromatic carbocycles. The normalized spacial score (nSPS) is 25.2. The van der Waals surface area contributed by atoms with Crippen LogP contribution in [0.5, 0.6) is 0 Å². The standard InChI is InChI=1S/C30H30N2O10S/c1-16(33)38-15-25-26(39-17(2)34)27(40-18(3)35)28(41-19(4)36)29(42-25)32-23(20-9-6-5-7-10-20)13-21(22(14-31)30(32)43)24-11-8-12-37-24/h5-13,21,25-29,43H,15H2,1-4H3/t21-,25-,26+,27-,28-,29+/m0/s1. The topological polar surface area (TPSA) is 155 Å². The highest BCUT2D eigenvalue weighted by Gasteiger charge is 2.55. The molecule has 0 bridgehead atoms. The number of rotatable bonds is 8. The number of ether oxygens (including phenoxy) is 5. The van der Waals surface area contributed by atoms with Crippen LogP contribution in [0.25, 0.3) is 5.70 Å². The summed E-state index contributed by atoms with van der Waals surface area (Å²) in [6.45, 7) is 4.23. The number of carbonyl (C=O) groups is 4. The van der Waals surface area contributed by atoms with Crippen LogP contribution < -0.4 is 0 Å². The molecule has 2 aromatic rings. The van der Waals surface area contributed by atoms with E-state index in [1.165, 1.54) is 18.1 Å². The van der Waals surface area contributed by atoms with Crippen molar-refractivity contribution in [1.82, 2.24) is 4.90 Å². The van der Waals surface area contributed by atoms with Gasteiger partial charge in [-0.05, 0) is 23.8 Å². The van der Waals surface area contributed by atoms with Crippen molar-refractivity contribution in [3.8, 4) is 6.07 Å². The molecule has 43 heavy (non-hydrogen) atoms. The van der Waals surface area contributed by atoms with E-state index in [9.17, 15) is 24.4 Å². The number of nitrogens with zero attached hydrogens (tertiary/aromatic N) is 2. The molecule has 2 aliphatic rings. The van der Waals surface area contributed by atoms with E-state index >= 15 is 0 Å². The zero-order valence-corrected chi connectivity index (χ0v) is 24.7. The fourth-order valence-electron chi connectivity index (χ4n) is 5.03. The molecule has 4 rings (SSSR count). The van der Waals surface area contributed by atoms with Gasteiger partial charge in [-0.25, -0.2) is 0 Å². The molecular formula is C30H30N2O10S. The molecule has 0 unspecified atom stereocenters. The quantitative estimate of drug-likeness (QED) is 0.264. The van der Waals surface area contributed by atoms with E-state index in [1.807, 2.05) is 30.3 Å². The number of carbonyl (C=O) groups excluding carboxylic acids is 4. The van der Waals surface area contributed by atoms with Gasteiger partial charge in [0.05, 0.1) is 28.9 Å². The highest BCUT2D eigenvalue weighted by molar-refractivity contribution is 7.84. The molecule has 12 nitrogen and oxygen atoms in total. The predicted octanol–water partition coefficient (Wildman–Crippen LogP) is 3.47. The Hall–Kier alpha value is -4.54. The zero-order valence-electron chi connectivity index (χ0n) is 23.8. The predicted molar refractivity (Wildman–Crippen MR) is 151 cm³/mol. The third-order valence-electron chi connectivity index (χ3n) is 6.62. The van der Waals surface area contributed by atoms with Gasteiger partial charge in [0.1, 0.15) is 18.5 Å². The molecule has 0 amide bonds. The minimum Gasteiger partial charge on any atom is -0.468 e. The van der Waals surface area contributed by atoms with Crippen LogP contribution in [0, 0.1) is 11.3 Å². The van der Waals surface area contributed by atoms with Crippen molar-refractivity contribution in [3.05, 3.63) is 76.7 Å². The smallest absolute Gasteiger partial charge is 0.303 e. The monoisotopic (exact) mass is 610 g/mol. The average Bonchev–Trinajstić information content (AvgIpc) is 3.49. The van der Waals surface area contributed by atoms with E-state index in [2.05, 4.69) is 6.07 Å². The molecular weight excluding hydrogens is 580 g/mol. The van der Waals surface area contributed by atoms with Crippen LogP contribution in [0.2, 0.25) is 0 Å². The van der Waals surface area contributed by atoms with E-state index in [1.54, 1.807) is 18.2 Å². The Morgan fingerprint density at radius 2 is 1.51 bits per heavy atom. The number of hydrogen-bond acceptors (Lipinski definition) is 13. The van der Waals surface area contributed by atoms with Gasteiger partial charge >= 0.3 is 23.9 Å². The molecule has 2 aliphatic heterocycles. The van der Waals surface area contributed by atoms with Gasteiger partial charge in [0.25, 0.3) is 0 Å². The van der Waals surface area contributed by atoms with Gasteiger partial charge in [-0.15, -0.1) is 12.6 Å². The summed E-state index contributed by atoms with van der Waals surface area (Å²) in [5, 5.41) is 10.4. The van der Waals surface area contributed by atoms with E-state index in [0.29, 0.717) is 17.0 Å². The first kappa shape index (κ1) is 31.4. The number of allylic oxidation sites excluding steroid dienone is 2. The first-order valence-electron chi connectivity index (χ1n) is 13.2. The molecule has 226 valence electrons. The first-order chi connectivity index (χ1) is 20.5. The lowest BCUT2D eigenvalue weighted by Gasteiger charge is -2.49. The highest BCUT2D eigenvalue weighted by atomic mass is 32.1. The molecule has 1 saturated heterocycles. The van der Waals surface area contributed by atoms with E-state index in [-0.39, 0.29) is 10.6 Å². The molecule has 0 aliphatic carbocycles. The summed E-state index contributed by atoms with van der Waals surface area (Å²) in [7, 11) is 0. The van der Waals surface area contributed by atoms with Crippen LogP contribution in [-0.2, 0) is 42.9 Å². The van der Waals surface area contributed by atoms with E-state index in [0.717, 1.165) is 20.8 Å². The summed E-state index contributed by atoms with van der Waals surface area (Å²) in [5.41, 5.74) is 1.35. The van der Waals surface area contributed by atoms with Crippen LogP contribution in [0.1, 0.15) is 44.9 Å². The maximum Gasteiger partial charge on any atom is 0.303 e. The van der Waals surface area contributed by atoms with E-state index in [4.69, 9.17) is 40.7 Å². The molecule has 0 saturated carbocycles. The van der Waals surface area contributed by atoms with E-state index < -0.39 is 67.0 Å². The van der Waals surface area contributed by atoms with Gasteiger partial charge in [0, 0.05) is 33.4 Å². The minimum atomic E-state index is -1.41. The Bertz CT molecular complexity index is 1460. The van der Waals surface area contributed by atoms with Crippen LogP contribution >= 0.6 is 12.6 Å². The Morgan fingerprint density at radius 3 is 2.07 bits per heavy atom. The third kappa shape index (κ3) is 7.10. The van der Waals surface area contributed by atoms with Crippen molar-refractivity contribution < 1.29 is 47.3 Å². The number of esters is 4.